The zero-order chi connectivity index (χ0) is 13.0. The molecule has 0 aliphatic rings. The molecule has 0 radical (unpaired) electrons. The van der Waals surface area contributed by atoms with Crippen molar-refractivity contribution < 1.29 is 9.63 Å². The number of rotatable bonds is 4. The van der Waals surface area contributed by atoms with Crippen molar-refractivity contribution in [1.82, 2.24) is 10.1 Å². The van der Waals surface area contributed by atoms with Crippen LogP contribution in [0.15, 0.2) is 28.8 Å². The number of aromatic nitrogens is 2. The molecule has 0 saturated heterocycles. The number of aliphatic hydroxyl groups excluding tert-OH is 1. The van der Waals surface area contributed by atoms with E-state index in [9.17, 15) is 5.11 Å². The summed E-state index contributed by atoms with van der Waals surface area (Å²) in [5.41, 5.74) is 1.21. The molecule has 0 spiro atoms. The van der Waals surface area contributed by atoms with Crippen molar-refractivity contribution in [2.45, 2.75) is 25.9 Å². The normalized spacial score (nSPS) is 12.1. The molecule has 5 nitrogen and oxygen atoms in total. The van der Waals surface area contributed by atoms with Crippen LogP contribution in [0.1, 0.15) is 37.3 Å². The zero-order valence-corrected chi connectivity index (χ0v) is 10.00. The summed E-state index contributed by atoms with van der Waals surface area (Å²) in [5, 5.41) is 22.3. The fourth-order valence-corrected chi connectivity index (χ4v) is 1.61. The van der Waals surface area contributed by atoms with Crippen LogP contribution >= 0.6 is 0 Å². The fourth-order valence-electron chi connectivity index (χ4n) is 1.61. The van der Waals surface area contributed by atoms with E-state index < -0.39 is 6.10 Å². The average Bonchev–Trinajstić information content (AvgIpc) is 2.89. The lowest BCUT2D eigenvalue weighted by atomic mass is 10.1. The Morgan fingerprint density at radius 2 is 2.33 bits per heavy atom. The molecular weight excluding hydrogens is 230 g/mol. The van der Waals surface area contributed by atoms with Crippen LogP contribution in [-0.2, 0) is 0 Å². The second-order valence-electron chi connectivity index (χ2n) is 3.95. The van der Waals surface area contributed by atoms with Crippen molar-refractivity contribution in [2.24, 2.45) is 0 Å². The van der Waals surface area contributed by atoms with Crippen LogP contribution < -0.4 is 0 Å². The highest BCUT2D eigenvalue weighted by atomic mass is 16.5. The van der Waals surface area contributed by atoms with Crippen LogP contribution in [0.2, 0.25) is 0 Å². The highest BCUT2D eigenvalue weighted by molar-refractivity contribution is 5.55. The molecule has 1 aromatic carbocycles. The minimum atomic E-state index is -0.702. The first-order valence-electron chi connectivity index (χ1n) is 5.76. The monoisotopic (exact) mass is 243 g/mol. The first kappa shape index (κ1) is 12.3. The van der Waals surface area contributed by atoms with Gasteiger partial charge < -0.3 is 9.63 Å². The molecule has 18 heavy (non-hydrogen) atoms. The van der Waals surface area contributed by atoms with Gasteiger partial charge in [-0.25, -0.2) is 0 Å². The first-order chi connectivity index (χ1) is 8.74. The van der Waals surface area contributed by atoms with E-state index in [4.69, 9.17) is 9.78 Å². The number of aliphatic hydroxyl groups is 1. The quantitative estimate of drug-likeness (QED) is 0.891. The van der Waals surface area contributed by atoms with Crippen LogP contribution in [0.5, 0.6) is 0 Å². The fraction of sp³-hybridized carbons (Fsp3) is 0.308. The highest BCUT2D eigenvalue weighted by Gasteiger charge is 2.15. The SMILES string of the molecule is CCCC(O)c1noc(-c2cccc(C#N)c2)n1. The molecule has 0 aliphatic heterocycles. The van der Waals surface area contributed by atoms with Gasteiger partial charge in [0.25, 0.3) is 5.89 Å². The van der Waals surface area contributed by atoms with Crippen LogP contribution in [0.4, 0.5) is 0 Å². The van der Waals surface area contributed by atoms with Crippen molar-refractivity contribution in [3.8, 4) is 17.5 Å². The summed E-state index contributed by atoms with van der Waals surface area (Å²) < 4.78 is 5.09. The molecular formula is C13H13N3O2. The van der Waals surface area contributed by atoms with Crippen LogP contribution in [-0.4, -0.2) is 15.2 Å². The first-order valence-corrected chi connectivity index (χ1v) is 5.76. The van der Waals surface area contributed by atoms with Gasteiger partial charge in [0.15, 0.2) is 0 Å². The number of hydrogen-bond donors (Lipinski definition) is 1. The molecule has 92 valence electrons. The van der Waals surface area contributed by atoms with Crippen molar-refractivity contribution >= 4 is 0 Å². The third kappa shape index (κ3) is 2.55. The largest absolute Gasteiger partial charge is 0.385 e. The summed E-state index contributed by atoms with van der Waals surface area (Å²) >= 11 is 0. The molecule has 1 N–H and O–H groups in total. The second-order valence-corrected chi connectivity index (χ2v) is 3.95. The average molecular weight is 243 g/mol. The number of hydrogen-bond acceptors (Lipinski definition) is 5. The lowest BCUT2D eigenvalue weighted by molar-refractivity contribution is 0.153. The van der Waals surface area contributed by atoms with Gasteiger partial charge in [0.2, 0.25) is 5.82 Å². The Balaban J connectivity index is 2.26. The minimum absolute atomic E-state index is 0.286. The summed E-state index contributed by atoms with van der Waals surface area (Å²) in [7, 11) is 0. The molecule has 0 bridgehead atoms. The summed E-state index contributed by atoms with van der Waals surface area (Å²) in [6.45, 7) is 1.97. The Morgan fingerprint density at radius 3 is 3.06 bits per heavy atom. The Kier molecular flexibility index (Phi) is 3.70. The maximum Gasteiger partial charge on any atom is 0.258 e. The van der Waals surface area contributed by atoms with Gasteiger partial charge in [-0.2, -0.15) is 10.2 Å². The molecule has 0 saturated carbocycles. The topological polar surface area (TPSA) is 82.9 Å². The standard InChI is InChI=1S/C13H13N3O2/c1-2-4-11(17)12-15-13(18-16-12)10-6-3-5-9(7-10)8-14/h3,5-7,11,17H,2,4H2,1H3. The van der Waals surface area contributed by atoms with E-state index in [-0.39, 0.29) is 5.82 Å². The van der Waals surface area contributed by atoms with Gasteiger partial charge in [0, 0.05) is 5.56 Å². The van der Waals surface area contributed by atoms with Gasteiger partial charge in [0.05, 0.1) is 11.6 Å². The van der Waals surface area contributed by atoms with Gasteiger partial charge in [0.1, 0.15) is 6.10 Å². The van der Waals surface area contributed by atoms with Crippen molar-refractivity contribution in [1.29, 1.82) is 5.26 Å². The minimum Gasteiger partial charge on any atom is -0.385 e. The molecule has 2 aromatic rings. The maximum absolute atomic E-state index is 9.74. The van der Waals surface area contributed by atoms with Gasteiger partial charge in [-0.05, 0) is 24.6 Å². The molecule has 2 rings (SSSR count). The third-order valence-corrected chi connectivity index (χ3v) is 2.54. The Hall–Kier alpha value is -2.19. The van der Waals surface area contributed by atoms with E-state index in [1.165, 1.54) is 0 Å². The van der Waals surface area contributed by atoms with Crippen molar-refractivity contribution in [3.05, 3.63) is 35.7 Å². The number of nitriles is 1. The van der Waals surface area contributed by atoms with Crippen molar-refractivity contribution in [3.63, 3.8) is 0 Å². The number of benzene rings is 1. The van der Waals surface area contributed by atoms with E-state index in [1.807, 2.05) is 13.0 Å². The van der Waals surface area contributed by atoms with Gasteiger partial charge in [-0.3, -0.25) is 0 Å². The molecule has 0 amide bonds. The molecule has 1 atom stereocenters. The summed E-state index contributed by atoms with van der Waals surface area (Å²) in [6, 6.07) is 8.95. The predicted molar refractivity (Wildman–Crippen MR) is 64.3 cm³/mol. The Morgan fingerprint density at radius 1 is 1.50 bits per heavy atom. The maximum atomic E-state index is 9.74. The summed E-state index contributed by atoms with van der Waals surface area (Å²) in [4.78, 5) is 4.14. The summed E-state index contributed by atoms with van der Waals surface area (Å²) in [6.07, 6.45) is 0.734. The molecule has 1 unspecified atom stereocenters. The Bertz CT molecular complexity index is 572. The molecule has 0 fully saturated rings. The predicted octanol–water partition coefficient (Wildman–Crippen LogP) is 2.44. The van der Waals surface area contributed by atoms with Gasteiger partial charge in [-0.15, -0.1) is 0 Å². The van der Waals surface area contributed by atoms with E-state index in [0.717, 1.165) is 6.42 Å². The molecule has 5 heteroatoms. The second kappa shape index (κ2) is 5.43. The van der Waals surface area contributed by atoms with Crippen LogP contribution in [0.3, 0.4) is 0 Å². The lowest BCUT2D eigenvalue weighted by Gasteiger charge is -2.01. The highest BCUT2D eigenvalue weighted by Crippen LogP contribution is 2.21. The van der Waals surface area contributed by atoms with E-state index in [0.29, 0.717) is 23.4 Å². The molecule has 0 aliphatic carbocycles. The zero-order valence-electron chi connectivity index (χ0n) is 10.00. The molecule has 1 aromatic heterocycles. The van der Waals surface area contributed by atoms with Crippen LogP contribution in [0.25, 0.3) is 11.5 Å². The summed E-state index contributed by atoms with van der Waals surface area (Å²) in [5.74, 6) is 0.603. The van der Waals surface area contributed by atoms with Gasteiger partial charge >= 0.3 is 0 Å². The van der Waals surface area contributed by atoms with Gasteiger partial charge in [-0.1, -0.05) is 24.6 Å². The lowest BCUT2D eigenvalue weighted by Crippen LogP contribution is -1.98. The third-order valence-electron chi connectivity index (χ3n) is 2.54. The van der Waals surface area contributed by atoms with E-state index >= 15 is 0 Å². The van der Waals surface area contributed by atoms with Crippen LogP contribution in [0, 0.1) is 11.3 Å². The van der Waals surface area contributed by atoms with E-state index in [1.54, 1.807) is 24.3 Å². The molecule has 1 heterocycles. The van der Waals surface area contributed by atoms with Crippen molar-refractivity contribution in [2.75, 3.05) is 0 Å². The number of nitrogens with zero attached hydrogens (tertiary/aromatic N) is 3. The van der Waals surface area contributed by atoms with E-state index in [2.05, 4.69) is 10.1 Å². The smallest absolute Gasteiger partial charge is 0.258 e. The Labute approximate surface area is 105 Å².